The summed E-state index contributed by atoms with van der Waals surface area (Å²) in [5.74, 6) is -0.309. The minimum Gasteiger partial charge on any atom is -0.386 e. The van der Waals surface area contributed by atoms with Crippen molar-refractivity contribution >= 4 is 15.9 Å². The van der Waals surface area contributed by atoms with Crippen molar-refractivity contribution < 1.29 is 9.50 Å². The van der Waals surface area contributed by atoms with Crippen molar-refractivity contribution in [3.8, 4) is 0 Å². The molecule has 2 aromatic rings. The molecule has 1 N–H and O–H groups in total. The monoisotopic (exact) mass is 298 g/mol. The molecule has 1 unspecified atom stereocenters. The summed E-state index contributed by atoms with van der Waals surface area (Å²) in [4.78, 5) is 0. The van der Waals surface area contributed by atoms with Crippen molar-refractivity contribution in [2.45, 2.75) is 12.5 Å². The topological polar surface area (TPSA) is 38.0 Å². The van der Waals surface area contributed by atoms with Gasteiger partial charge < -0.3 is 5.11 Å². The first-order valence-corrected chi connectivity index (χ1v) is 5.97. The van der Waals surface area contributed by atoms with Crippen LogP contribution in [0.1, 0.15) is 17.4 Å². The Morgan fingerprint density at radius 2 is 2.24 bits per heavy atom. The summed E-state index contributed by atoms with van der Waals surface area (Å²) in [5, 5.41) is 14.1. The molecule has 0 bridgehead atoms. The van der Waals surface area contributed by atoms with Gasteiger partial charge in [0, 0.05) is 24.1 Å². The van der Waals surface area contributed by atoms with E-state index < -0.39 is 6.10 Å². The Balaban J connectivity index is 2.18. The highest BCUT2D eigenvalue weighted by atomic mass is 79.9. The molecule has 2 rings (SSSR count). The SMILES string of the molecule is Cn1ccc(C(O)Cc2cc(F)ccc2Br)n1. The fourth-order valence-electron chi connectivity index (χ4n) is 1.62. The molecule has 17 heavy (non-hydrogen) atoms. The minimum absolute atomic E-state index is 0.309. The number of hydrogen-bond donors (Lipinski definition) is 1. The Kier molecular flexibility index (Phi) is 3.59. The average Bonchev–Trinajstić information content (AvgIpc) is 2.70. The standard InChI is InChI=1S/C12H12BrFN2O/c1-16-5-4-11(15-16)12(17)7-8-6-9(14)2-3-10(8)13/h2-6,12,17H,7H2,1H3. The average molecular weight is 299 g/mol. The van der Waals surface area contributed by atoms with Crippen LogP contribution in [0.15, 0.2) is 34.9 Å². The van der Waals surface area contributed by atoms with Crippen LogP contribution in [-0.4, -0.2) is 14.9 Å². The third kappa shape index (κ3) is 2.92. The van der Waals surface area contributed by atoms with Gasteiger partial charge in [0.2, 0.25) is 0 Å². The third-order valence-electron chi connectivity index (χ3n) is 2.50. The lowest BCUT2D eigenvalue weighted by molar-refractivity contribution is 0.172. The van der Waals surface area contributed by atoms with E-state index in [1.54, 1.807) is 30.1 Å². The summed E-state index contributed by atoms with van der Waals surface area (Å²) in [6.45, 7) is 0. The number of aliphatic hydroxyl groups excluding tert-OH is 1. The zero-order valence-corrected chi connectivity index (χ0v) is 10.9. The lowest BCUT2D eigenvalue weighted by Gasteiger charge is -2.09. The molecule has 1 heterocycles. The largest absolute Gasteiger partial charge is 0.386 e. The highest BCUT2D eigenvalue weighted by Gasteiger charge is 2.13. The van der Waals surface area contributed by atoms with Crippen molar-refractivity contribution in [2.24, 2.45) is 7.05 Å². The molecule has 1 aromatic carbocycles. The third-order valence-corrected chi connectivity index (χ3v) is 3.27. The van der Waals surface area contributed by atoms with Crippen molar-refractivity contribution in [2.75, 3.05) is 0 Å². The molecule has 3 nitrogen and oxygen atoms in total. The fraction of sp³-hybridized carbons (Fsp3) is 0.250. The molecule has 0 amide bonds. The van der Waals surface area contributed by atoms with Crippen LogP contribution in [0.3, 0.4) is 0 Å². The number of aliphatic hydroxyl groups is 1. The van der Waals surface area contributed by atoms with Crippen LogP contribution in [-0.2, 0) is 13.5 Å². The first-order valence-electron chi connectivity index (χ1n) is 5.18. The van der Waals surface area contributed by atoms with Crippen molar-refractivity contribution in [3.63, 3.8) is 0 Å². The second-order valence-electron chi connectivity index (χ2n) is 3.87. The molecule has 1 aromatic heterocycles. The Morgan fingerprint density at radius 1 is 1.47 bits per heavy atom. The van der Waals surface area contributed by atoms with Crippen molar-refractivity contribution in [1.82, 2.24) is 9.78 Å². The molecule has 0 aliphatic rings. The van der Waals surface area contributed by atoms with Gasteiger partial charge in [0.15, 0.2) is 0 Å². The van der Waals surface area contributed by atoms with E-state index in [0.717, 1.165) is 10.0 Å². The number of benzene rings is 1. The molecule has 0 radical (unpaired) electrons. The van der Waals surface area contributed by atoms with Gasteiger partial charge in [-0.25, -0.2) is 4.39 Å². The zero-order valence-electron chi connectivity index (χ0n) is 9.27. The van der Waals surface area contributed by atoms with Gasteiger partial charge in [0.25, 0.3) is 0 Å². The Morgan fingerprint density at radius 3 is 2.88 bits per heavy atom. The summed E-state index contributed by atoms with van der Waals surface area (Å²) in [7, 11) is 1.79. The van der Waals surface area contributed by atoms with E-state index in [4.69, 9.17) is 0 Å². The predicted molar refractivity (Wildman–Crippen MR) is 66.0 cm³/mol. The van der Waals surface area contributed by atoms with E-state index in [-0.39, 0.29) is 5.82 Å². The molecular formula is C12H12BrFN2O. The van der Waals surface area contributed by atoms with Gasteiger partial charge in [0.05, 0.1) is 5.69 Å². The summed E-state index contributed by atoms with van der Waals surface area (Å²) < 4.78 is 15.5. The Bertz CT molecular complexity index is 527. The van der Waals surface area contributed by atoms with Crippen LogP contribution in [0.25, 0.3) is 0 Å². The molecular weight excluding hydrogens is 287 g/mol. The van der Waals surface area contributed by atoms with Crippen LogP contribution in [0.5, 0.6) is 0 Å². The van der Waals surface area contributed by atoms with Crippen LogP contribution < -0.4 is 0 Å². The highest BCUT2D eigenvalue weighted by Crippen LogP contribution is 2.23. The lowest BCUT2D eigenvalue weighted by Crippen LogP contribution is -2.04. The van der Waals surface area contributed by atoms with Crippen molar-refractivity contribution in [1.29, 1.82) is 0 Å². The highest BCUT2D eigenvalue weighted by molar-refractivity contribution is 9.10. The zero-order chi connectivity index (χ0) is 12.4. The van der Waals surface area contributed by atoms with E-state index >= 15 is 0 Å². The van der Waals surface area contributed by atoms with Crippen LogP contribution in [0.2, 0.25) is 0 Å². The molecule has 0 saturated carbocycles. The van der Waals surface area contributed by atoms with E-state index in [0.29, 0.717) is 12.1 Å². The maximum absolute atomic E-state index is 13.1. The first-order chi connectivity index (χ1) is 8.06. The summed E-state index contributed by atoms with van der Waals surface area (Å²) in [6, 6.07) is 6.17. The molecule has 0 aliphatic heterocycles. The minimum atomic E-state index is -0.728. The number of nitrogens with zero attached hydrogens (tertiary/aromatic N) is 2. The van der Waals surface area contributed by atoms with E-state index in [9.17, 15) is 9.50 Å². The number of rotatable bonds is 3. The summed E-state index contributed by atoms with van der Waals surface area (Å²) in [5.41, 5.74) is 1.31. The normalized spacial score (nSPS) is 12.7. The van der Waals surface area contributed by atoms with E-state index in [2.05, 4.69) is 21.0 Å². The van der Waals surface area contributed by atoms with E-state index in [1.165, 1.54) is 12.1 Å². The predicted octanol–water partition coefficient (Wildman–Crippen LogP) is 2.60. The Labute approximate surface area is 107 Å². The number of halogens is 2. The van der Waals surface area contributed by atoms with Gasteiger partial charge in [0.1, 0.15) is 11.9 Å². The molecule has 0 saturated heterocycles. The van der Waals surface area contributed by atoms with Gasteiger partial charge in [-0.3, -0.25) is 4.68 Å². The molecule has 0 spiro atoms. The van der Waals surface area contributed by atoms with Crippen LogP contribution in [0, 0.1) is 5.82 Å². The second-order valence-corrected chi connectivity index (χ2v) is 4.72. The van der Waals surface area contributed by atoms with Gasteiger partial charge in [-0.2, -0.15) is 5.10 Å². The smallest absolute Gasteiger partial charge is 0.123 e. The van der Waals surface area contributed by atoms with Crippen LogP contribution >= 0.6 is 15.9 Å². The molecule has 0 aliphatic carbocycles. The maximum atomic E-state index is 13.1. The van der Waals surface area contributed by atoms with E-state index in [1.807, 2.05) is 0 Å². The first kappa shape index (κ1) is 12.3. The van der Waals surface area contributed by atoms with Gasteiger partial charge in [-0.15, -0.1) is 0 Å². The number of aromatic nitrogens is 2. The van der Waals surface area contributed by atoms with Crippen molar-refractivity contribution in [3.05, 3.63) is 52.0 Å². The molecule has 1 atom stereocenters. The molecule has 5 heteroatoms. The van der Waals surface area contributed by atoms with Gasteiger partial charge in [-0.1, -0.05) is 15.9 Å². The quantitative estimate of drug-likeness (QED) is 0.946. The number of hydrogen-bond acceptors (Lipinski definition) is 2. The second kappa shape index (κ2) is 4.98. The molecule has 0 fully saturated rings. The Hall–Kier alpha value is -1.20. The lowest BCUT2D eigenvalue weighted by atomic mass is 10.1. The summed E-state index contributed by atoms with van der Waals surface area (Å²) in [6.07, 6.45) is 1.36. The summed E-state index contributed by atoms with van der Waals surface area (Å²) >= 11 is 3.33. The fourth-order valence-corrected chi connectivity index (χ4v) is 2.03. The maximum Gasteiger partial charge on any atom is 0.123 e. The van der Waals surface area contributed by atoms with Crippen LogP contribution in [0.4, 0.5) is 4.39 Å². The van der Waals surface area contributed by atoms with Gasteiger partial charge >= 0.3 is 0 Å². The molecule has 90 valence electrons. The van der Waals surface area contributed by atoms with Gasteiger partial charge in [-0.05, 0) is 29.8 Å². The number of aryl methyl sites for hydroxylation is 1.